The third-order valence-electron chi connectivity index (χ3n) is 3.66. The second-order valence-electron chi connectivity index (χ2n) is 5.64. The van der Waals surface area contributed by atoms with Crippen LogP contribution in [0, 0.1) is 0 Å². The number of hydrogen-bond donors (Lipinski definition) is 2. The topological polar surface area (TPSA) is 77.2 Å². The molecule has 0 aliphatic heterocycles. The lowest BCUT2D eigenvalue weighted by atomic mass is 10.2. The van der Waals surface area contributed by atoms with Crippen LogP contribution in [0.2, 0.25) is 0 Å². The molecule has 3 N–H and O–H groups in total. The Morgan fingerprint density at radius 2 is 1.92 bits per heavy atom. The lowest BCUT2D eigenvalue weighted by molar-refractivity contribution is -0.116. The van der Waals surface area contributed by atoms with Crippen molar-refractivity contribution in [3.8, 4) is 5.75 Å². The molecule has 0 radical (unpaired) electrons. The molecule has 2 aromatic carbocycles. The molecular formula is C19H22ClN3O2S. The highest BCUT2D eigenvalue weighted by atomic mass is 35.5. The number of para-hydroxylation sites is 1. The van der Waals surface area contributed by atoms with Crippen molar-refractivity contribution in [3.63, 3.8) is 0 Å². The van der Waals surface area contributed by atoms with Gasteiger partial charge in [0, 0.05) is 18.7 Å². The summed E-state index contributed by atoms with van der Waals surface area (Å²) >= 11 is 1.70. The molecule has 0 fully saturated rings. The van der Waals surface area contributed by atoms with Crippen LogP contribution in [0.1, 0.15) is 17.8 Å². The second kappa shape index (κ2) is 10.1. The number of nitrogens with one attached hydrogen (secondary N) is 1. The molecule has 3 aromatic rings. The molecule has 0 saturated carbocycles. The lowest BCUT2D eigenvalue weighted by Crippen LogP contribution is -2.12. The summed E-state index contributed by atoms with van der Waals surface area (Å²) in [6, 6.07) is 15.4. The van der Waals surface area contributed by atoms with Crippen LogP contribution in [0.15, 0.2) is 48.5 Å². The highest BCUT2D eigenvalue weighted by Gasteiger charge is 2.06. The molecule has 0 saturated heterocycles. The zero-order valence-electron chi connectivity index (χ0n) is 14.3. The van der Waals surface area contributed by atoms with Gasteiger partial charge in [-0.2, -0.15) is 0 Å². The summed E-state index contributed by atoms with van der Waals surface area (Å²) in [5, 5.41) is 3.98. The summed E-state index contributed by atoms with van der Waals surface area (Å²) < 4.78 is 6.60. The molecular weight excluding hydrogens is 370 g/mol. The van der Waals surface area contributed by atoms with E-state index in [9.17, 15) is 4.79 Å². The molecule has 1 heterocycles. The van der Waals surface area contributed by atoms with Gasteiger partial charge in [0.25, 0.3) is 0 Å². The monoisotopic (exact) mass is 391 g/mol. The summed E-state index contributed by atoms with van der Waals surface area (Å²) in [5.74, 6) is 0.760. The number of ether oxygens (including phenoxy) is 1. The number of anilines is 1. The maximum Gasteiger partial charge on any atom is 0.224 e. The highest BCUT2D eigenvalue weighted by molar-refractivity contribution is 7.18. The number of amides is 1. The van der Waals surface area contributed by atoms with Gasteiger partial charge in [0.1, 0.15) is 12.4 Å². The predicted octanol–water partition coefficient (Wildman–Crippen LogP) is 4.02. The van der Waals surface area contributed by atoms with Gasteiger partial charge >= 0.3 is 0 Å². The van der Waals surface area contributed by atoms with Gasteiger partial charge in [0.15, 0.2) is 0 Å². The van der Waals surface area contributed by atoms with E-state index in [-0.39, 0.29) is 18.3 Å². The van der Waals surface area contributed by atoms with Crippen molar-refractivity contribution in [1.29, 1.82) is 0 Å². The van der Waals surface area contributed by atoms with Crippen LogP contribution in [-0.4, -0.2) is 24.0 Å². The smallest absolute Gasteiger partial charge is 0.224 e. The minimum atomic E-state index is 0. The molecule has 138 valence electrons. The summed E-state index contributed by atoms with van der Waals surface area (Å²) in [6.45, 7) is 0.963. The number of thiazole rings is 1. The Morgan fingerprint density at radius 3 is 2.65 bits per heavy atom. The third kappa shape index (κ3) is 5.69. The van der Waals surface area contributed by atoms with Crippen molar-refractivity contribution in [2.24, 2.45) is 5.73 Å². The van der Waals surface area contributed by atoms with Crippen LogP contribution in [-0.2, 0) is 11.2 Å². The Morgan fingerprint density at radius 1 is 1.15 bits per heavy atom. The Hall–Kier alpha value is -2.15. The van der Waals surface area contributed by atoms with Gasteiger partial charge in [-0.15, -0.1) is 23.7 Å². The second-order valence-corrected chi connectivity index (χ2v) is 6.75. The zero-order valence-corrected chi connectivity index (χ0v) is 15.9. The van der Waals surface area contributed by atoms with Crippen molar-refractivity contribution >= 4 is 45.6 Å². The van der Waals surface area contributed by atoms with Crippen LogP contribution in [0.5, 0.6) is 5.75 Å². The van der Waals surface area contributed by atoms with E-state index in [2.05, 4.69) is 16.4 Å². The van der Waals surface area contributed by atoms with Crippen LogP contribution in [0.25, 0.3) is 10.2 Å². The first-order valence-electron chi connectivity index (χ1n) is 8.32. The van der Waals surface area contributed by atoms with Gasteiger partial charge in [0.05, 0.1) is 15.2 Å². The Balaban J connectivity index is 0.00000243. The van der Waals surface area contributed by atoms with Gasteiger partial charge < -0.3 is 15.8 Å². The van der Waals surface area contributed by atoms with E-state index in [1.807, 2.05) is 42.5 Å². The lowest BCUT2D eigenvalue weighted by Gasteiger charge is -2.07. The summed E-state index contributed by atoms with van der Waals surface area (Å²) in [4.78, 5) is 16.6. The first-order chi connectivity index (χ1) is 12.2. The number of hydrogen-bond acceptors (Lipinski definition) is 5. The number of nitrogens with two attached hydrogens (primary N) is 1. The minimum absolute atomic E-state index is 0. The van der Waals surface area contributed by atoms with E-state index in [1.165, 1.54) is 4.70 Å². The summed E-state index contributed by atoms with van der Waals surface area (Å²) in [6.07, 6.45) is 2.07. The molecule has 0 bridgehead atoms. The van der Waals surface area contributed by atoms with E-state index < -0.39 is 0 Å². The maximum absolute atomic E-state index is 12.1. The molecule has 7 heteroatoms. The van der Waals surface area contributed by atoms with E-state index >= 15 is 0 Å². The minimum Gasteiger partial charge on any atom is -0.492 e. The van der Waals surface area contributed by atoms with Gasteiger partial charge in [-0.1, -0.05) is 12.1 Å². The van der Waals surface area contributed by atoms with Gasteiger partial charge in [-0.3, -0.25) is 4.79 Å². The number of fused-ring (bicyclic) bond motifs is 1. The average Bonchev–Trinajstić information content (AvgIpc) is 3.04. The number of carbonyl (C=O) groups excluding carboxylic acids is 1. The van der Waals surface area contributed by atoms with Crippen LogP contribution < -0.4 is 15.8 Å². The largest absolute Gasteiger partial charge is 0.492 e. The SMILES string of the molecule is Cl.NCCOc1ccc(NC(=O)CCCc2nc3ccccc3s2)cc1. The molecule has 1 amide bonds. The van der Waals surface area contributed by atoms with Gasteiger partial charge in [-0.05, 0) is 49.2 Å². The third-order valence-corrected chi connectivity index (χ3v) is 4.75. The molecule has 0 aliphatic carbocycles. The number of nitrogens with zero attached hydrogens (tertiary/aromatic N) is 1. The van der Waals surface area contributed by atoms with Crippen LogP contribution in [0.3, 0.4) is 0 Å². The van der Waals surface area contributed by atoms with Crippen molar-refractivity contribution in [2.75, 3.05) is 18.5 Å². The van der Waals surface area contributed by atoms with Crippen molar-refractivity contribution in [3.05, 3.63) is 53.5 Å². The number of benzene rings is 2. The summed E-state index contributed by atoms with van der Waals surface area (Å²) in [5.41, 5.74) is 7.20. The maximum atomic E-state index is 12.1. The first-order valence-corrected chi connectivity index (χ1v) is 9.13. The van der Waals surface area contributed by atoms with Crippen molar-refractivity contribution in [1.82, 2.24) is 4.98 Å². The number of carbonyl (C=O) groups is 1. The molecule has 0 aliphatic rings. The van der Waals surface area contributed by atoms with E-state index in [1.54, 1.807) is 11.3 Å². The van der Waals surface area contributed by atoms with Gasteiger partial charge in [-0.25, -0.2) is 4.98 Å². The van der Waals surface area contributed by atoms with Crippen LogP contribution in [0.4, 0.5) is 5.69 Å². The fraction of sp³-hybridized carbons (Fsp3) is 0.263. The number of halogens is 1. The molecule has 0 unspecified atom stereocenters. The molecule has 5 nitrogen and oxygen atoms in total. The number of aryl methyl sites for hydroxylation is 1. The molecule has 3 rings (SSSR count). The number of rotatable bonds is 8. The Labute approximate surface area is 163 Å². The quantitative estimate of drug-likeness (QED) is 0.608. The van der Waals surface area contributed by atoms with E-state index in [4.69, 9.17) is 10.5 Å². The first kappa shape index (κ1) is 20.2. The highest BCUT2D eigenvalue weighted by Crippen LogP contribution is 2.23. The fourth-order valence-corrected chi connectivity index (χ4v) is 3.47. The average molecular weight is 392 g/mol. The summed E-state index contributed by atoms with van der Waals surface area (Å²) in [7, 11) is 0. The zero-order chi connectivity index (χ0) is 17.5. The van der Waals surface area contributed by atoms with Crippen LogP contribution >= 0.6 is 23.7 Å². The molecule has 26 heavy (non-hydrogen) atoms. The van der Waals surface area contributed by atoms with Gasteiger partial charge in [0.2, 0.25) is 5.91 Å². The predicted molar refractivity (Wildman–Crippen MR) is 109 cm³/mol. The van der Waals surface area contributed by atoms with Crippen molar-refractivity contribution < 1.29 is 9.53 Å². The van der Waals surface area contributed by atoms with Crippen molar-refractivity contribution in [2.45, 2.75) is 19.3 Å². The number of aromatic nitrogens is 1. The standard InChI is InChI=1S/C19H21N3O2S.ClH/c20-12-13-24-15-10-8-14(9-11-15)21-18(23)6-3-7-19-22-16-4-1-2-5-17(16)25-19;/h1-2,4-5,8-11H,3,6-7,12-13,20H2,(H,21,23);1H. The Kier molecular flexibility index (Phi) is 7.84. The normalized spacial score (nSPS) is 10.3. The fourth-order valence-electron chi connectivity index (χ4n) is 2.46. The Bertz CT molecular complexity index is 803. The molecule has 0 spiro atoms. The molecule has 1 aromatic heterocycles. The molecule has 0 atom stereocenters. The van der Waals surface area contributed by atoms with E-state index in [0.717, 1.165) is 34.8 Å². The van der Waals surface area contributed by atoms with E-state index in [0.29, 0.717) is 19.6 Å².